The molecule has 6 nitrogen and oxygen atoms in total. The van der Waals surface area contributed by atoms with Gasteiger partial charge in [0.2, 0.25) is 15.9 Å². The molecule has 146 valence electrons. The Balaban J connectivity index is 1.70. The molecule has 0 aliphatic heterocycles. The van der Waals surface area contributed by atoms with Crippen molar-refractivity contribution >= 4 is 21.6 Å². The number of hydrogen-bond donors (Lipinski definition) is 1. The molecule has 0 bridgehead atoms. The van der Waals surface area contributed by atoms with Crippen molar-refractivity contribution in [1.29, 1.82) is 0 Å². The lowest BCUT2D eigenvalue weighted by molar-refractivity contribution is -0.121. The first kappa shape index (κ1) is 20.8. The molecule has 7 heteroatoms. The zero-order valence-electron chi connectivity index (χ0n) is 15.7. The first-order valence-electron chi connectivity index (χ1n) is 8.85. The van der Waals surface area contributed by atoms with Crippen LogP contribution in [0.2, 0.25) is 0 Å². The number of aryl methyl sites for hydroxylation is 1. The first-order valence-corrected chi connectivity index (χ1v) is 10.7. The number of nitrogens with zero attached hydrogens (tertiary/aromatic N) is 1. The summed E-state index contributed by atoms with van der Waals surface area (Å²) in [5, 5.41) is 2.78. The smallest absolute Gasteiger partial charge is 0.232 e. The lowest BCUT2D eigenvalue weighted by Crippen LogP contribution is -2.32. The summed E-state index contributed by atoms with van der Waals surface area (Å²) in [6, 6.07) is 16.6. The predicted molar refractivity (Wildman–Crippen MR) is 108 cm³/mol. The average molecular weight is 391 g/mol. The van der Waals surface area contributed by atoms with Gasteiger partial charge in [-0.15, -0.1) is 0 Å². The van der Waals surface area contributed by atoms with E-state index in [1.165, 1.54) is 10.6 Å². The molecule has 0 fully saturated rings. The molecule has 1 amide bonds. The Labute approximate surface area is 161 Å². The Hall–Kier alpha value is -2.54. The Morgan fingerprint density at radius 3 is 2.37 bits per heavy atom. The van der Waals surface area contributed by atoms with Crippen LogP contribution in [0.25, 0.3) is 0 Å². The summed E-state index contributed by atoms with van der Waals surface area (Å²) in [4.78, 5) is 11.9. The fourth-order valence-electron chi connectivity index (χ4n) is 2.55. The molecule has 0 unspecified atom stereocenters. The van der Waals surface area contributed by atoms with E-state index in [0.717, 1.165) is 11.3 Å². The molecular weight excluding hydrogens is 364 g/mol. The number of para-hydroxylation sites is 1. The number of benzene rings is 2. The summed E-state index contributed by atoms with van der Waals surface area (Å²) in [7, 11) is -3.39. The molecule has 2 aromatic carbocycles. The molecule has 0 aromatic heterocycles. The van der Waals surface area contributed by atoms with Gasteiger partial charge in [0.1, 0.15) is 12.4 Å². The number of sulfonamides is 1. The third kappa shape index (κ3) is 7.30. The van der Waals surface area contributed by atoms with Crippen LogP contribution in [0.4, 0.5) is 5.69 Å². The van der Waals surface area contributed by atoms with Crippen molar-refractivity contribution in [3.63, 3.8) is 0 Å². The van der Waals surface area contributed by atoms with Gasteiger partial charge in [-0.05, 0) is 37.6 Å². The van der Waals surface area contributed by atoms with Crippen LogP contribution in [0.5, 0.6) is 5.75 Å². The summed E-state index contributed by atoms with van der Waals surface area (Å²) < 4.78 is 30.8. The van der Waals surface area contributed by atoms with Gasteiger partial charge in [0.05, 0.1) is 18.5 Å². The van der Waals surface area contributed by atoms with Gasteiger partial charge in [0, 0.05) is 13.0 Å². The second-order valence-corrected chi connectivity index (χ2v) is 8.19. The lowest BCUT2D eigenvalue weighted by atomic mass is 10.2. The highest BCUT2D eigenvalue weighted by Crippen LogP contribution is 2.17. The molecule has 0 atom stereocenters. The van der Waals surface area contributed by atoms with Crippen LogP contribution in [0, 0.1) is 6.92 Å². The van der Waals surface area contributed by atoms with Crippen LogP contribution >= 0.6 is 0 Å². The third-order valence-corrected chi connectivity index (χ3v) is 5.12. The summed E-state index contributed by atoms with van der Waals surface area (Å²) in [5.74, 6) is 0.644. The van der Waals surface area contributed by atoms with Crippen molar-refractivity contribution < 1.29 is 17.9 Å². The van der Waals surface area contributed by atoms with E-state index in [0.29, 0.717) is 25.3 Å². The maximum Gasteiger partial charge on any atom is 0.232 e. The molecule has 27 heavy (non-hydrogen) atoms. The molecule has 1 N–H and O–H groups in total. The highest BCUT2D eigenvalue weighted by molar-refractivity contribution is 7.92. The molecule has 0 heterocycles. The number of hydrogen-bond acceptors (Lipinski definition) is 4. The van der Waals surface area contributed by atoms with E-state index in [2.05, 4.69) is 5.32 Å². The summed E-state index contributed by atoms with van der Waals surface area (Å²) in [6.07, 6.45) is 1.86. The van der Waals surface area contributed by atoms with Crippen molar-refractivity contribution in [2.45, 2.75) is 19.8 Å². The minimum Gasteiger partial charge on any atom is -0.492 e. The summed E-state index contributed by atoms with van der Waals surface area (Å²) in [5.41, 5.74) is 1.76. The number of anilines is 1. The maximum atomic E-state index is 12.0. The molecule has 2 rings (SSSR count). The van der Waals surface area contributed by atoms with Crippen LogP contribution in [0.15, 0.2) is 54.6 Å². The minimum absolute atomic E-state index is 0.121. The van der Waals surface area contributed by atoms with Crippen molar-refractivity contribution in [1.82, 2.24) is 5.32 Å². The van der Waals surface area contributed by atoms with E-state index in [1.807, 2.05) is 37.3 Å². The van der Waals surface area contributed by atoms with E-state index in [4.69, 9.17) is 4.74 Å². The SMILES string of the molecule is Cc1ccc(OCCNC(=O)CCCN(c2ccccc2)S(C)(=O)=O)cc1. The predicted octanol–water partition coefficient (Wildman–Crippen LogP) is 2.74. The van der Waals surface area contributed by atoms with Crippen LogP contribution in [-0.4, -0.2) is 40.3 Å². The average Bonchev–Trinajstić information content (AvgIpc) is 2.63. The summed E-state index contributed by atoms with van der Waals surface area (Å²) >= 11 is 0. The standard InChI is InChI=1S/C20H26N2O4S/c1-17-10-12-19(13-11-17)26-16-14-21-20(23)9-6-15-22(27(2,24)25)18-7-4-3-5-8-18/h3-5,7-8,10-13H,6,9,14-16H2,1-2H3,(H,21,23). The molecule has 0 aliphatic rings. The van der Waals surface area contributed by atoms with Gasteiger partial charge in [-0.1, -0.05) is 35.9 Å². The number of ether oxygens (including phenoxy) is 1. The van der Waals surface area contributed by atoms with Crippen molar-refractivity contribution in [2.75, 3.05) is 30.3 Å². The third-order valence-electron chi connectivity index (χ3n) is 3.92. The fourth-order valence-corrected chi connectivity index (χ4v) is 3.51. The minimum atomic E-state index is -3.39. The number of nitrogens with one attached hydrogen (secondary N) is 1. The lowest BCUT2D eigenvalue weighted by Gasteiger charge is -2.22. The van der Waals surface area contributed by atoms with E-state index in [1.54, 1.807) is 24.3 Å². The van der Waals surface area contributed by atoms with Crippen LogP contribution < -0.4 is 14.4 Å². The molecule has 0 saturated heterocycles. The van der Waals surface area contributed by atoms with Crippen molar-refractivity contribution in [2.24, 2.45) is 0 Å². The summed E-state index contributed by atoms with van der Waals surface area (Å²) in [6.45, 7) is 3.05. The Morgan fingerprint density at radius 1 is 1.07 bits per heavy atom. The molecule has 0 spiro atoms. The molecule has 0 saturated carbocycles. The molecule has 0 radical (unpaired) electrons. The Morgan fingerprint density at radius 2 is 1.74 bits per heavy atom. The fraction of sp³-hybridized carbons (Fsp3) is 0.350. The zero-order chi connectivity index (χ0) is 19.7. The molecular formula is C20H26N2O4S. The number of amides is 1. The topological polar surface area (TPSA) is 75.7 Å². The first-order chi connectivity index (χ1) is 12.9. The van der Waals surface area contributed by atoms with Gasteiger partial charge < -0.3 is 10.1 Å². The normalized spacial score (nSPS) is 11.0. The highest BCUT2D eigenvalue weighted by atomic mass is 32.2. The monoisotopic (exact) mass is 390 g/mol. The largest absolute Gasteiger partial charge is 0.492 e. The number of carbonyl (C=O) groups is 1. The second-order valence-electron chi connectivity index (χ2n) is 6.29. The quantitative estimate of drug-likeness (QED) is 0.633. The van der Waals surface area contributed by atoms with Crippen molar-refractivity contribution in [3.05, 3.63) is 60.2 Å². The van der Waals surface area contributed by atoms with Gasteiger partial charge in [-0.3, -0.25) is 9.10 Å². The van der Waals surface area contributed by atoms with Crippen LogP contribution in [-0.2, 0) is 14.8 Å². The van der Waals surface area contributed by atoms with E-state index >= 15 is 0 Å². The highest BCUT2D eigenvalue weighted by Gasteiger charge is 2.17. The zero-order valence-corrected chi connectivity index (χ0v) is 16.5. The Bertz CT molecular complexity index is 821. The number of rotatable bonds is 10. The van der Waals surface area contributed by atoms with Gasteiger partial charge >= 0.3 is 0 Å². The van der Waals surface area contributed by atoms with Crippen LogP contribution in [0.1, 0.15) is 18.4 Å². The maximum absolute atomic E-state index is 12.0. The van der Waals surface area contributed by atoms with Gasteiger partial charge in [-0.2, -0.15) is 0 Å². The molecule has 0 aliphatic carbocycles. The van der Waals surface area contributed by atoms with Crippen LogP contribution in [0.3, 0.4) is 0 Å². The Kier molecular flexibility index (Phi) is 7.67. The number of carbonyl (C=O) groups excluding carboxylic acids is 1. The van der Waals surface area contributed by atoms with E-state index < -0.39 is 10.0 Å². The van der Waals surface area contributed by atoms with Crippen molar-refractivity contribution in [3.8, 4) is 5.75 Å². The van der Waals surface area contributed by atoms with Gasteiger partial charge in [0.25, 0.3) is 0 Å². The van der Waals surface area contributed by atoms with E-state index in [-0.39, 0.29) is 18.9 Å². The van der Waals surface area contributed by atoms with Gasteiger partial charge in [-0.25, -0.2) is 8.42 Å². The van der Waals surface area contributed by atoms with Gasteiger partial charge in [0.15, 0.2) is 0 Å². The van der Waals surface area contributed by atoms with E-state index in [9.17, 15) is 13.2 Å². The second kappa shape index (κ2) is 9.97. The molecule has 2 aromatic rings.